The lowest BCUT2D eigenvalue weighted by Gasteiger charge is -2.25. The normalized spacial score (nSPS) is 18.2. The first-order valence-corrected chi connectivity index (χ1v) is 7.60. The van der Waals surface area contributed by atoms with Crippen molar-refractivity contribution in [1.82, 2.24) is 14.7 Å². The van der Waals surface area contributed by atoms with Crippen molar-refractivity contribution in [2.24, 2.45) is 0 Å². The first-order chi connectivity index (χ1) is 10.2. The van der Waals surface area contributed by atoms with Crippen LogP contribution in [0.25, 0.3) is 0 Å². The smallest absolute Gasteiger partial charge is 0.257 e. The maximum Gasteiger partial charge on any atom is 0.257 e. The molecule has 1 fully saturated rings. The summed E-state index contributed by atoms with van der Waals surface area (Å²) in [5, 5.41) is 4.39. The van der Waals surface area contributed by atoms with Crippen LogP contribution in [0, 0.1) is 6.92 Å². The quantitative estimate of drug-likeness (QED) is 0.867. The Kier molecular flexibility index (Phi) is 3.78. The van der Waals surface area contributed by atoms with Gasteiger partial charge in [-0.1, -0.05) is 30.3 Å². The Balaban J connectivity index is 1.88. The summed E-state index contributed by atoms with van der Waals surface area (Å²) in [7, 11) is 0. The molecule has 21 heavy (non-hydrogen) atoms. The van der Waals surface area contributed by atoms with Crippen molar-refractivity contribution < 1.29 is 4.79 Å². The predicted octanol–water partition coefficient (Wildman–Crippen LogP) is 3.19. The molecule has 110 valence electrons. The molecule has 0 aliphatic carbocycles. The van der Waals surface area contributed by atoms with Crippen LogP contribution in [-0.4, -0.2) is 27.1 Å². The monoisotopic (exact) mass is 283 g/mol. The summed E-state index contributed by atoms with van der Waals surface area (Å²) in [5.41, 5.74) is 2.78. The van der Waals surface area contributed by atoms with E-state index < -0.39 is 0 Å². The SMILES string of the molecule is CCn1cc(C(=O)N2CCCC2c2ccccc2)c(C)n1. The molecular formula is C17H21N3O. The van der Waals surface area contributed by atoms with Gasteiger partial charge in [-0.3, -0.25) is 9.48 Å². The highest BCUT2D eigenvalue weighted by atomic mass is 16.2. The van der Waals surface area contributed by atoms with Crippen LogP contribution in [0.2, 0.25) is 0 Å². The number of rotatable bonds is 3. The molecule has 0 radical (unpaired) electrons. The Hall–Kier alpha value is -2.10. The van der Waals surface area contributed by atoms with Crippen LogP contribution in [0.15, 0.2) is 36.5 Å². The second-order valence-corrected chi connectivity index (χ2v) is 5.55. The number of hydrogen-bond acceptors (Lipinski definition) is 2. The fourth-order valence-corrected chi connectivity index (χ4v) is 3.08. The van der Waals surface area contributed by atoms with Crippen LogP contribution >= 0.6 is 0 Å². The van der Waals surface area contributed by atoms with Crippen molar-refractivity contribution >= 4 is 5.91 Å². The summed E-state index contributed by atoms with van der Waals surface area (Å²) in [6.07, 6.45) is 3.97. The highest BCUT2D eigenvalue weighted by molar-refractivity contribution is 5.95. The topological polar surface area (TPSA) is 38.1 Å². The molecule has 0 bridgehead atoms. The van der Waals surface area contributed by atoms with Gasteiger partial charge >= 0.3 is 0 Å². The summed E-state index contributed by atoms with van der Waals surface area (Å²) in [5.74, 6) is 0.110. The molecule has 4 nitrogen and oxygen atoms in total. The van der Waals surface area contributed by atoms with Gasteiger partial charge in [0.2, 0.25) is 0 Å². The summed E-state index contributed by atoms with van der Waals surface area (Å²) < 4.78 is 1.83. The zero-order valence-corrected chi connectivity index (χ0v) is 12.6. The van der Waals surface area contributed by atoms with Crippen molar-refractivity contribution in [3.63, 3.8) is 0 Å². The number of carbonyl (C=O) groups excluding carboxylic acids is 1. The van der Waals surface area contributed by atoms with E-state index in [4.69, 9.17) is 0 Å². The third-order valence-corrected chi connectivity index (χ3v) is 4.20. The standard InChI is InChI=1S/C17H21N3O/c1-3-19-12-15(13(2)18-19)17(21)20-11-7-10-16(20)14-8-5-4-6-9-14/h4-6,8-9,12,16H,3,7,10-11H2,1-2H3. The van der Waals surface area contributed by atoms with E-state index in [-0.39, 0.29) is 11.9 Å². The van der Waals surface area contributed by atoms with Crippen LogP contribution in [0.4, 0.5) is 0 Å². The minimum Gasteiger partial charge on any atom is -0.331 e. The van der Waals surface area contributed by atoms with Crippen molar-refractivity contribution in [3.8, 4) is 0 Å². The second kappa shape index (κ2) is 5.72. The maximum absolute atomic E-state index is 12.9. The Labute approximate surface area is 125 Å². The van der Waals surface area contributed by atoms with E-state index >= 15 is 0 Å². The van der Waals surface area contributed by atoms with Crippen molar-refractivity contribution in [3.05, 3.63) is 53.3 Å². The van der Waals surface area contributed by atoms with Gasteiger partial charge in [0.1, 0.15) is 0 Å². The molecule has 1 atom stereocenters. The first kappa shape index (κ1) is 13.9. The molecule has 1 aliphatic rings. The number of aromatic nitrogens is 2. The Morgan fingerprint density at radius 2 is 2.10 bits per heavy atom. The molecule has 1 unspecified atom stereocenters. The minimum atomic E-state index is 0.110. The Bertz CT molecular complexity index is 633. The number of carbonyl (C=O) groups is 1. The van der Waals surface area contributed by atoms with Gasteiger partial charge in [-0.25, -0.2) is 0 Å². The number of nitrogens with zero attached hydrogens (tertiary/aromatic N) is 3. The number of aryl methyl sites for hydroxylation is 2. The molecule has 1 aromatic carbocycles. The van der Waals surface area contributed by atoms with E-state index in [9.17, 15) is 4.79 Å². The van der Waals surface area contributed by atoms with Gasteiger partial charge in [-0.15, -0.1) is 0 Å². The summed E-state index contributed by atoms with van der Waals surface area (Å²) in [6, 6.07) is 10.5. The largest absolute Gasteiger partial charge is 0.331 e. The molecule has 3 rings (SSSR count). The van der Waals surface area contributed by atoms with Crippen LogP contribution in [0.5, 0.6) is 0 Å². The number of benzene rings is 1. The van der Waals surface area contributed by atoms with Gasteiger partial charge in [-0.05, 0) is 32.3 Å². The van der Waals surface area contributed by atoms with Gasteiger partial charge < -0.3 is 4.90 Å². The van der Waals surface area contributed by atoms with E-state index in [1.165, 1.54) is 5.56 Å². The molecular weight excluding hydrogens is 262 g/mol. The predicted molar refractivity (Wildman–Crippen MR) is 82.1 cm³/mol. The van der Waals surface area contributed by atoms with Crippen LogP contribution in [0.3, 0.4) is 0 Å². The fourth-order valence-electron chi connectivity index (χ4n) is 3.08. The van der Waals surface area contributed by atoms with Gasteiger partial charge in [0.25, 0.3) is 5.91 Å². The first-order valence-electron chi connectivity index (χ1n) is 7.60. The zero-order chi connectivity index (χ0) is 14.8. The van der Waals surface area contributed by atoms with Gasteiger partial charge in [0.05, 0.1) is 17.3 Å². The number of amides is 1. The zero-order valence-electron chi connectivity index (χ0n) is 12.6. The molecule has 2 heterocycles. The van der Waals surface area contributed by atoms with Crippen LogP contribution in [-0.2, 0) is 6.54 Å². The lowest BCUT2D eigenvalue weighted by molar-refractivity contribution is 0.0735. The molecule has 1 aliphatic heterocycles. The van der Waals surface area contributed by atoms with Crippen molar-refractivity contribution in [2.45, 2.75) is 39.3 Å². The van der Waals surface area contributed by atoms with Crippen LogP contribution in [0.1, 0.15) is 47.4 Å². The summed E-state index contributed by atoms with van der Waals surface area (Å²) in [6.45, 7) is 5.56. The Morgan fingerprint density at radius 1 is 1.33 bits per heavy atom. The van der Waals surface area contributed by atoms with E-state index in [0.717, 1.165) is 37.2 Å². The third-order valence-electron chi connectivity index (χ3n) is 4.20. The average Bonchev–Trinajstić information content (AvgIpc) is 3.14. The molecule has 1 aromatic heterocycles. The summed E-state index contributed by atoms with van der Waals surface area (Å²) in [4.78, 5) is 14.9. The molecule has 4 heteroatoms. The lowest BCUT2D eigenvalue weighted by Crippen LogP contribution is -2.30. The lowest BCUT2D eigenvalue weighted by atomic mass is 10.0. The Morgan fingerprint density at radius 3 is 2.76 bits per heavy atom. The highest BCUT2D eigenvalue weighted by Gasteiger charge is 2.31. The maximum atomic E-state index is 12.9. The molecule has 0 N–H and O–H groups in total. The number of likely N-dealkylation sites (tertiary alicyclic amines) is 1. The second-order valence-electron chi connectivity index (χ2n) is 5.55. The van der Waals surface area contributed by atoms with Crippen molar-refractivity contribution in [2.75, 3.05) is 6.54 Å². The summed E-state index contributed by atoms with van der Waals surface area (Å²) >= 11 is 0. The van der Waals surface area contributed by atoms with Crippen molar-refractivity contribution in [1.29, 1.82) is 0 Å². The van der Waals surface area contributed by atoms with Gasteiger partial charge in [-0.2, -0.15) is 5.10 Å². The van der Waals surface area contributed by atoms with Crippen LogP contribution < -0.4 is 0 Å². The average molecular weight is 283 g/mol. The molecule has 0 spiro atoms. The molecule has 1 saturated heterocycles. The van der Waals surface area contributed by atoms with E-state index in [0.29, 0.717) is 0 Å². The third kappa shape index (κ3) is 2.58. The molecule has 2 aromatic rings. The van der Waals surface area contributed by atoms with E-state index in [2.05, 4.69) is 17.2 Å². The molecule has 1 amide bonds. The highest BCUT2D eigenvalue weighted by Crippen LogP contribution is 2.33. The number of hydrogen-bond donors (Lipinski definition) is 0. The van der Waals surface area contributed by atoms with E-state index in [1.54, 1.807) is 0 Å². The van der Waals surface area contributed by atoms with Gasteiger partial charge in [0.15, 0.2) is 0 Å². The van der Waals surface area contributed by atoms with E-state index in [1.807, 2.05) is 47.8 Å². The fraction of sp³-hybridized carbons (Fsp3) is 0.412. The minimum absolute atomic E-state index is 0.110. The molecule has 0 saturated carbocycles. The van der Waals surface area contributed by atoms with Gasteiger partial charge in [0, 0.05) is 19.3 Å².